The molecule has 1 aromatic carbocycles. The molecule has 132 valence electrons. The maximum atomic E-state index is 13.4. The lowest BCUT2D eigenvalue weighted by Gasteiger charge is -2.39. The Bertz CT molecular complexity index is 639. The van der Waals surface area contributed by atoms with E-state index in [1.807, 2.05) is 6.08 Å². The number of nitrogens with two attached hydrogens (primary N) is 1. The molecular formula is C16H20FN2O4S-. The van der Waals surface area contributed by atoms with E-state index in [4.69, 9.17) is 10.5 Å². The maximum absolute atomic E-state index is 13.4. The molecule has 0 amide bonds. The molecule has 1 aliphatic rings. The third kappa shape index (κ3) is 4.40. The molecule has 0 fully saturated rings. The highest BCUT2D eigenvalue weighted by Crippen LogP contribution is 2.33. The van der Waals surface area contributed by atoms with E-state index in [-0.39, 0.29) is 19.2 Å². The fraction of sp³-hybridized carbons (Fsp3) is 0.438. The van der Waals surface area contributed by atoms with Crippen LogP contribution in [0.1, 0.15) is 31.2 Å². The van der Waals surface area contributed by atoms with Crippen LogP contribution in [0.2, 0.25) is 0 Å². The van der Waals surface area contributed by atoms with E-state index in [0.29, 0.717) is 30.6 Å². The van der Waals surface area contributed by atoms with Crippen LogP contribution in [0.15, 0.2) is 29.8 Å². The summed E-state index contributed by atoms with van der Waals surface area (Å²) in [5.74, 6) is -0.463. The summed E-state index contributed by atoms with van der Waals surface area (Å²) in [5.41, 5.74) is 7.34. The van der Waals surface area contributed by atoms with Gasteiger partial charge in [-0.25, -0.2) is 4.39 Å². The van der Waals surface area contributed by atoms with Crippen LogP contribution in [0, 0.1) is 5.82 Å². The van der Waals surface area contributed by atoms with E-state index < -0.39 is 17.1 Å². The predicted octanol–water partition coefficient (Wildman–Crippen LogP) is 1.93. The lowest BCUT2D eigenvalue weighted by atomic mass is 9.91. The van der Waals surface area contributed by atoms with Gasteiger partial charge in [-0.05, 0) is 48.6 Å². The van der Waals surface area contributed by atoms with E-state index in [0.717, 1.165) is 18.4 Å². The van der Waals surface area contributed by atoms with Gasteiger partial charge in [0.15, 0.2) is 0 Å². The molecule has 0 radical (unpaired) electrons. The molecule has 1 aromatic rings. The standard InChI is InChI=1S/C16H21FN2O4S/c17-14-5-6-16(13(9-14)10-18)19(24(21)22)15-4-2-1-3-12(15)7-8-23-11-20/h3,5-6,9,11,15H,1-2,4,7-8,10,18H2,(H,21,22)/p-1. The molecule has 2 atom stereocenters. The summed E-state index contributed by atoms with van der Waals surface area (Å²) in [6, 6.07) is 3.51. The van der Waals surface area contributed by atoms with Gasteiger partial charge in [0.25, 0.3) is 6.47 Å². The molecule has 0 aliphatic heterocycles. The lowest BCUT2D eigenvalue weighted by molar-refractivity contribution is -0.128. The minimum absolute atomic E-state index is 0.0286. The summed E-state index contributed by atoms with van der Waals surface area (Å²) >= 11 is -2.54. The zero-order chi connectivity index (χ0) is 17.5. The maximum Gasteiger partial charge on any atom is 0.293 e. The first kappa shape index (κ1) is 18.6. The van der Waals surface area contributed by atoms with Crippen LogP contribution in [-0.4, -0.2) is 27.9 Å². The Labute approximate surface area is 142 Å². The monoisotopic (exact) mass is 355 g/mol. The van der Waals surface area contributed by atoms with Crippen LogP contribution in [0.5, 0.6) is 0 Å². The highest BCUT2D eigenvalue weighted by molar-refractivity contribution is 7.80. The lowest BCUT2D eigenvalue weighted by Crippen LogP contribution is -2.40. The summed E-state index contributed by atoms with van der Waals surface area (Å²) < 4.78 is 43.2. The van der Waals surface area contributed by atoms with Crippen molar-refractivity contribution in [3.05, 3.63) is 41.2 Å². The van der Waals surface area contributed by atoms with Gasteiger partial charge in [-0.15, -0.1) is 0 Å². The van der Waals surface area contributed by atoms with Crippen molar-refractivity contribution >= 4 is 23.4 Å². The van der Waals surface area contributed by atoms with Crippen molar-refractivity contribution in [3.8, 4) is 0 Å². The van der Waals surface area contributed by atoms with Gasteiger partial charge < -0.3 is 15.0 Å². The Morgan fingerprint density at radius 1 is 1.50 bits per heavy atom. The number of hydrogen-bond acceptors (Lipinski definition) is 5. The molecule has 2 N–H and O–H groups in total. The average molecular weight is 355 g/mol. The van der Waals surface area contributed by atoms with E-state index in [1.165, 1.54) is 22.5 Å². The first-order valence-electron chi connectivity index (χ1n) is 7.69. The summed E-state index contributed by atoms with van der Waals surface area (Å²) in [6.45, 7) is 0.591. The molecule has 1 aliphatic carbocycles. The zero-order valence-corrected chi connectivity index (χ0v) is 14.0. The summed E-state index contributed by atoms with van der Waals surface area (Å²) in [7, 11) is 0. The topological polar surface area (TPSA) is 95.7 Å². The highest BCUT2D eigenvalue weighted by Gasteiger charge is 2.27. The number of allylic oxidation sites excluding steroid dienone is 1. The molecule has 2 unspecified atom stereocenters. The molecule has 0 spiro atoms. The van der Waals surface area contributed by atoms with Gasteiger partial charge in [-0.2, -0.15) is 0 Å². The molecule has 24 heavy (non-hydrogen) atoms. The Morgan fingerprint density at radius 3 is 2.96 bits per heavy atom. The van der Waals surface area contributed by atoms with Crippen molar-refractivity contribution in [1.29, 1.82) is 0 Å². The van der Waals surface area contributed by atoms with Crippen LogP contribution in [0.4, 0.5) is 10.1 Å². The first-order valence-corrected chi connectivity index (χ1v) is 8.73. The zero-order valence-electron chi connectivity index (χ0n) is 13.2. The number of anilines is 1. The molecule has 0 saturated carbocycles. The summed E-state index contributed by atoms with van der Waals surface area (Å²) in [5, 5.41) is 0. The fourth-order valence-electron chi connectivity index (χ4n) is 2.97. The molecule has 0 saturated heterocycles. The average Bonchev–Trinajstić information content (AvgIpc) is 2.57. The normalized spacial score (nSPS) is 18.6. The Hall–Kier alpha value is -1.77. The van der Waals surface area contributed by atoms with E-state index in [1.54, 1.807) is 0 Å². The minimum atomic E-state index is -2.54. The molecule has 0 bridgehead atoms. The quantitative estimate of drug-likeness (QED) is 0.333. The molecule has 0 heterocycles. The van der Waals surface area contributed by atoms with Crippen molar-refractivity contribution in [2.75, 3.05) is 10.9 Å². The number of carbonyl (C=O) groups excluding carboxylic acids is 1. The fourth-order valence-corrected chi connectivity index (χ4v) is 3.75. The predicted molar refractivity (Wildman–Crippen MR) is 88.0 cm³/mol. The Morgan fingerprint density at radius 2 is 2.29 bits per heavy atom. The first-order chi connectivity index (χ1) is 11.6. The number of nitrogens with zero attached hydrogens (tertiary/aromatic N) is 1. The van der Waals surface area contributed by atoms with Crippen molar-refractivity contribution < 1.29 is 22.7 Å². The Kier molecular flexibility index (Phi) is 6.89. The van der Waals surface area contributed by atoms with E-state index in [9.17, 15) is 17.9 Å². The van der Waals surface area contributed by atoms with Crippen LogP contribution in [0.3, 0.4) is 0 Å². The van der Waals surface area contributed by atoms with Gasteiger partial charge in [-0.1, -0.05) is 6.08 Å². The minimum Gasteiger partial charge on any atom is -0.755 e. The second kappa shape index (κ2) is 8.91. The van der Waals surface area contributed by atoms with Crippen LogP contribution in [-0.2, 0) is 27.3 Å². The second-order valence-corrected chi connectivity index (χ2v) is 6.29. The van der Waals surface area contributed by atoms with Crippen LogP contribution < -0.4 is 10.0 Å². The number of hydrogen-bond donors (Lipinski definition) is 1. The van der Waals surface area contributed by atoms with Crippen molar-refractivity contribution in [2.24, 2.45) is 5.73 Å². The number of rotatable bonds is 8. The SMILES string of the molecule is NCc1cc(F)ccc1N(C1CCCC=C1CCOC=O)S(=O)[O-]. The van der Waals surface area contributed by atoms with Gasteiger partial charge in [0.1, 0.15) is 5.82 Å². The van der Waals surface area contributed by atoms with Gasteiger partial charge >= 0.3 is 0 Å². The molecule has 8 heteroatoms. The largest absolute Gasteiger partial charge is 0.755 e. The second-order valence-electron chi connectivity index (χ2n) is 5.46. The van der Waals surface area contributed by atoms with Crippen LogP contribution >= 0.6 is 0 Å². The summed E-state index contributed by atoms with van der Waals surface area (Å²) in [6.07, 6.45) is 4.77. The van der Waals surface area contributed by atoms with Gasteiger partial charge in [-0.3, -0.25) is 13.3 Å². The highest BCUT2D eigenvalue weighted by atomic mass is 32.2. The van der Waals surface area contributed by atoms with Crippen molar-refractivity contribution in [2.45, 2.75) is 38.3 Å². The van der Waals surface area contributed by atoms with Gasteiger partial charge in [0.05, 0.1) is 18.3 Å². The summed E-state index contributed by atoms with van der Waals surface area (Å²) in [4.78, 5) is 10.3. The third-order valence-corrected chi connectivity index (χ3v) is 4.81. The third-order valence-electron chi connectivity index (χ3n) is 4.04. The number of halogens is 1. The molecule has 2 rings (SSSR count). The molecule has 6 nitrogen and oxygen atoms in total. The number of benzene rings is 1. The molecule has 0 aromatic heterocycles. The number of carbonyl (C=O) groups is 1. The van der Waals surface area contributed by atoms with Crippen molar-refractivity contribution in [1.82, 2.24) is 0 Å². The van der Waals surface area contributed by atoms with Gasteiger partial charge in [0.2, 0.25) is 0 Å². The van der Waals surface area contributed by atoms with E-state index in [2.05, 4.69) is 0 Å². The Balaban J connectivity index is 2.35. The van der Waals surface area contributed by atoms with Crippen molar-refractivity contribution in [3.63, 3.8) is 0 Å². The van der Waals surface area contributed by atoms with E-state index >= 15 is 0 Å². The van der Waals surface area contributed by atoms with Crippen LogP contribution in [0.25, 0.3) is 0 Å². The molecular weight excluding hydrogens is 335 g/mol. The number of ether oxygens (including phenoxy) is 1. The van der Waals surface area contributed by atoms with Gasteiger partial charge in [0, 0.05) is 24.2 Å². The smallest absolute Gasteiger partial charge is 0.293 e.